The first-order chi connectivity index (χ1) is 9.74. The van der Waals surface area contributed by atoms with Crippen LogP contribution in [0, 0.1) is 0 Å². The molecule has 0 aliphatic heterocycles. The zero-order valence-corrected chi connectivity index (χ0v) is 11.8. The van der Waals surface area contributed by atoms with E-state index in [1.165, 1.54) is 0 Å². The molecule has 0 heterocycles. The molecule has 20 heavy (non-hydrogen) atoms. The lowest BCUT2D eigenvalue weighted by molar-refractivity contribution is 0.151. The fourth-order valence-electron chi connectivity index (χ4n) is 1.99. The molecular weight excluding hydrogens is 252 g/mol. The number of aryl methyl sites for hydroxylation is 2. The lowest BCUT2D eigenvalue weighted by Crippen LogP contribution is -2.15. The van der Waals surface area contributed by atoms with Crippen LogP contribution >= 0.6 is 0 Å². The van der Waals surface area contributed by atoms with Crippen LogP contribution in [0.5, 0.6) is 11.5 Å². The lowest BCUT2D eigenvalue weighted by atomic mass is 10.1. The number of carbonyl (C=O) groups excluding carboxylic acids is 1. The van der Waals surface area contributed by atoms with Crippen molar-refractivity contribution >= 4 is 6.16 Å². The van der Waals surface area contributed by atoms with E-state index < -0.39 is 6.16 Å². The molecule has 3 nitrogen and oxygen atoms in total. The summed E-state index contributed by atoms with van der Waals surface area (Å²) in [7, 11) is 0. The number of hydrogen-bond donors (Lipinski definition) is 0. The Balaban J connectivity index is 2.09. The predicted molar refractivity (Wildman–Crippen MR) is 78.3 cm³/mol. The maximum absolute atomic E-state index is 11.9. The second-order valence-corrected chi connectivity index (χ2v) is 4.38. The Kier molecular flexibility index (Phi) is 4.77. The van der Waals surface area contributed by atoms with Crippen LogP contribution in [-0.4, -0.2) is 6.16 Å². The third-order valence-corrected chi connectivity index (χ3v) is 3.09. The highest BCUT2D eigenvalue weighted by Crippen LogP contribution is 2.22. The van der Waals surface area contributed by atoms with Crippen molar-refractivity contribution in [1.29, 1.82) is 0 Å². The monoisotopic (exact) mass is 270 g/mol. The number of ether oxygens (including phenoxy) is 2. The fourth-order valence-corrected chi connectivity index (χ4v) is 1.99. The van der Waals surface area contributed by atoms with E-state index in [0.29, 0.717) is 11.5 Å². The Morgan fingerprint density at radius 2 is 1.20 bits per heavy atom. The Bertz CT molecular complexity index is 539. The van der Waals surface area contributed by atoms with Gasteiger partial charge in [0.1, 0.15) is 11.5 Å². The van der Waals surface area contributed by atoms with Crippen molar-refractivity contribution in [2.24, 2.45) is 0 Å². The molecule has 0 atom stereocenters. The molecule has 104 valence electrons. The van der Waals surface area contributed by atoms with E-state index in [1.807, 2.05) is 50.2 Å². The number of carbonyl (C=O) groups is 1. The first-order valence-electron chi connectivity index (χ1n) is 6.80. The van der Waals surface area contributed by atoms with Gasteiger partial charge in [0, 0.05) is 0 Å². The summed E-state index contributed by atoms with van der Waals surface area (Å²) < 4.78 is 10.6. The summed E-state index contributed by atoms with van der Waals surface area (Å²) >= 11 is 0. The second-order valence-electron chi connectivity index (χ2n) is 4.38. The molecule has 0 aliphatic carbocycles. The van der Waals surface area contributed by atoms with E-state index in [9.17, 15) is 4.79 Å². The van der Waals surface area contributed by atoms with E-state index in [2.05, 4.69) is 0 Å². The van der Waals surface area contributed by atoms with Crippen molar-refractivity contribution in [3.8, 4) is 11.5 Å². The molecule has 0 saturated carbocycles. The van der Waals surface area contributed by atoms with Gasteiger partial charge in [0.25, 0.3) is 0 Å². The zero-order valence-electron chi connectivity index (χ0n) is 11.8. The number of para-hydroxylation sites is 2. The molecule has 0 N–H and O–H groups in total. The predicted octanol–water partition coefficient (Wildman–Crippen LogP) is 4.39. The Hall–Kier alpha value is -2.29. The van der Waals surface area contributed by atoms with Gasteiger partial charge in [-0.05, 0) is 36.1 Å². The van der Waals surface area contributed by atoms with Crippen LogP contribution in [-0.2, 0) is 12.8 Å². The number of hydrogen-bond acceptors (Lipinski definition) is 3. The molecule has 0 unspecified atom stereocenters. The van der Waals surface area contributed by atoms with Crippen LogP contribution in [0.3, 0.4) is 0 Å². The Morgan fingerprint density at radius 1 is 0.800 bits per heavy atom. The summed E-state index contributed by atoms with van der Waals surface area (Å²) in [5, 5.41) is 0. The highest BCUT2D eigenvalue weighted by molar-refractivity contribution is 5.68. The fraction of sp³-hybridized carbons (Fsp3) is 0.235. The quantitative estimate of drug-likeness (QED) is 0.610. The molecular formula is C17H18O3. The molecule has 0 spiro atoms. The molecule has 3 heteroatoms. The van der Waals surface area contributed by atoms with Crippen LogP contribution in [0.15, 0.2) is 48.5 Å². The van der Waals surface area contributed by atoms with Gasteiger partial charge in [-0.2, -0.15) is 0 Å². The summed E-state index contributed by atoms with van der Waals surface area (Å²) in [6.07, 6.45) is 0.899. The van der Waals surface area contributed by atoms with Crippen molar-refractivity contribution in [3.05, 3.63) is 59.7 Å². The second kappa shape index (κ2) is 6.75. The largest absolute Gasteiger partial charge is 0.519 e. The lowest BCUT2D eigenvalue weighted by Gasteiger charge is -2.10. The zero-order chi connectivity index (χ0) is 14.4. The minimum atomic E-state index is -0.702. The van der Waals surface area contributed by atoms with Gasteiger partial charge < -0.3 is 9.47 Å². The summed E-state index contributed by atoms with van der Waals surface area (Å²) in [4.78, 5) is 11.9. The molecule has 0 bridgehead atoms. The normalized spacial score (nSPS) is 10.1. The van der Waals surface area contributed by atoms with E-state index in [-0.39, 0.29) is 0 Å². The van der Waals surface area contributed by atoms with Gasteiger partial charge in [-0.15, -0.1) is 0 Å². The topological polar surface area (TPSA) is 35.5 Å². The molecule has 0 radical (unpaired) electrons. The van der Waals surface area contributed by atoms with E-state index in [1.54, 1.807) is 12.1 Å². The van der Waals surface area contributed by atoms with Gasteiger partial charge in [-0.25, -0.2) is 4.79 Å². The molecule has 0 aliphatic rings. The highest BCUT2D eigenvalue weighted by Gasteiger charge is 2.12. The van der Waals surface area contributed by atoms with E-state index >= 15 is 0 Å². The van der Waals surface area contributed by atoms with Crippen molar-refractivity contribution < 1.29 is 14.3 Å². The van der Waals surface area contributed by atoms with Crippen LogP contribution in [0.2, 0.25) is 0 Å². The van der Waals surface area contributed by atoms with Crippen molar-refractivity contribution in [3.63, 3.8) is 0 Å². The minimum absolute atomic E-state index is 0.550. The van der Waals surface area contributed by atoms with Gasteiger partial charge in [-0.3, -0.25) is 0 Å². The number of benzene rings is 2. The van der Waals surface area contributed by atoms with Gasteiger partial charge in [0.15, 0.2) is 0 Å². The first-order valence-corrected chi connectivity index (χ1v) is 6.80. The molecule has 2 rings (SSSR count). The van der Waals surface area contributed by atoms with Crippen molar-refractivity contribution in [1.82, 2.24) is 0 Å². The molecule has 0 saturated heterocycles. The number of rotatable bonds is 4. The third-order valence-electron chi connectivity index (χ3n) is 3.09. The highest BCUT2D eigenvalue weighted by atomic mass is 16.7. The van der Waals surface area contributed by atoms with Gasteiger partial charge in [0.05, 0.1) is 0 Å². The van der Waals surface area contributed by atoms with Crippen LogP contribution in [0.4, 0.5) is 4.79 Å². The molecule has 0 fully saturated rings. The molecule has 2 aromatic carbocycles. The minimum Gasteiger partial charge on any atom is -0.394 e. The Labute approximate surface area is 119 Å². The summed E-state index contributed by atoms with van der Waals surface area (Å²) in [5.74, 6) is 1.10. The SMILES string of the molecule is CCc1ccccc1OC(=O)Oc1ccccc1CC. The average molecular weight is 270 g/mol. The van der Waals surface area contributed by atoms with Gasteiger partial charge in [0.2, 0.25) is 0 Å². The van der Waals surface area contributed by atoms with Crippen LogP contribution in [0.25, 0.3) is 0 Å². The molecule has 2 aromatic rings. The summed E-state index contributed by atoms with van der Waals surface area (Å²) in [5.41, 5.74) is 1.96. The summed E-state index contributed by atoms with van der Waals surface area (Å²) in [6, 6.07) is 14.9. The average Bonchev–Trinajstić information content (AvgIpc) is 2.48. The standard InChI is InChI=1S/C17H18O3/c1-3-13-9-5-7-11-15(13)19-17(18)20-16-12-8-6-10-14(16)4-2/h5-12H,3-4H2,1-2H3. The molecule has 0 aromatic heterocycles. The van der Waals surface area contributed by atoms with Crippen LogP contribution < -0.4 is 9.47 Å². The summed E-state index contributed by atoms with van der Waals surface area (Å²) in [6.45, 7) is 4.03. The van der Waals surface area contributed by atoms with Gasteiger partial charge >= 0.3 is 6.16 Å². The maximum atomic E-state index is 11.9. The van der Waals surface area contributed by atoms with Gasteiger partial charge in [-0.1, -0.05) is 50.2 Å². The van der Waals surface area contributed by atoms with E-state index in [4.69, 9.17) is 9.47 Å². The maximum Gasteiger partial charge on any atom is 0.519 e. The first kappa shape index (κ1) is 14.1. The third kappa shape index (κ3) is 3.38. The van der Waals surface area contributed by atoms with Crippen molar-refractivity contribution in [2.45, 2.75) is 26.7 Å². The Morgan fingerprint density at radius 3 is 1.60 bits per heavy atom. The molecule has 0 amide bonds. The van der Waals surface area contributed by atoms with E-state index in [0.717, 1.165) is 24.0 Å². The van der Waals surface area contributed by atoms with Crippen LogP contribution in [0.1, 0.15) is 25.0 Å². The smallest absolute Gasteiger partial charge is 0.394 e. The van der Waals surface area contributed by atoms with Crippen molar-refractivity contribution in [2.75, 3.05) is 0 Å².